The Labute approximate surface area is 68.9 Å². The Balaban J connectivity index is 2.79. The minimum atomic E-state index is -0.0366. The molecule has 0 N–H and O–H groups in total. The third kappa shape index (κ3) is 0.887. The fourth-order valence-electron chi connectivity index (χ4n) is 1.11. The Kier molecular flexibility index (Phi) is 1.40. The van der Waals surface area contributed by atoms with E-state index in [-0.39, 0.29) is 5.78 Å². The fourth-order valence-corrected chi connectivity index (χ4v) is 1.11. The molecular weight excluding hydrogens is 154 g/mol. The third-order valence-electron chi connectivity index (χ3n) is 1.68. The van der Waals surface area contributed by atoms with Gasteiger partial charge in [0.05, 0.1) is 11.7 Å². The predicted octanol–water partition coefficient (Wildman–Crippen LogP) is 0.932. The number of ketones is 1. The van der Waals surface area contributed by atoms with Gasteiger partial charge in [0.15, 0.2) is 5.78 Å². The van der Waals surface area contributed by atoms with Crippen LogP contribution in [0.25, 0.3) is 5.52 Å². The van der Waals surface area contributed by atoms with Crippen molar-refractivity contribution in [3.8, 4) is 0 Å². The Morgan fingerprint density at radius 1 is 1.58 bits per heavy atom. The maximum absolute atomic E-state index is 11.0. The lowest BCUT2D eigenvalue weighted by Gasteiger charge is -1.91. The summed E-state index contributed by atoms with van der Waals surface area (Å²) in [7, 11) is 0. The second-order valence-corrected chi connectivity index (χ2v) is 2.52. The summed E-state index contributed by atoms with van der Waals surface area (Å²) in [6.07, 6.45) is 6.64. The quantitative estimate of drug-likeness (QED) is 0.584. The highest BCUT2D eigenvalue weighted by molar-refractivity contribution is 5.98. The molecule has 2 aromatic heterocycles. The van der Waals surface area contributed by atoms with E-state index in [1.165, 1.54) is 6.92 Å². The van der Waals surface area contributed by atoms with Crippen LogP contribution in [-0.4, -0.2) is 20.2 Å². The maximum Gasteiger partial charge on any atom is 0.180 e. The zero-order valence-corrected chi connectivity index (χ0v) is 6.56. The Morgan fingerprint density at radius 2 is 2.42 bits per heavy atom. The van der Waals surface area contributed by atoms with Crippen LogP contribution in [0.5, 0.6) is 0 Å². The van der Waals surface area contributed by atoms with E-state index in [1.54, 1.807) is 29.3 Å². The number of hydrogen-bond acceptors (Lipinski definition) is 3. The van der Waals surface area contributed by atoms with Crippen LogP contribution in [0, 0.1) is 0 Å². The Morgan fingerprint density at radius 3 is 3.17 bits per heavy atom. The van der Waals surface area contributed by atoms with Gasteiger partial charge in [0.2, 0.25) is 0 Å². The van der Waals surface area contributed by atoms with E-state index in [0.717, 1.165) is 5.52 Å². The summed E-state index contributed by atoms with van der Waals surface area (Å²) in [6, 6.07) is 0. The molecule has 0 fully saturated rings. The van der Waals surface area contributed by atoms with Crippen LogP contribution in [0.2, 0.25) is 0 Å². The lowest BCUT2D eigenvalue weighted by molar-refractivity contribution is 0.101. The first-order chi connectivity index (χ1) is 5.79. The standard InChI is InChI=1S/C8H7N3O/c1-6(12)8-7-4-9-2-3-11(7)5-10-8/h2-5H,1H3. The molecule has 0 aliphatic heterocycles. The van der Waals surface area contributed by atoms with Gasteiger partial charge in [-0.05, 0) is 0 Å². The highest BCUT2D eigenvalue weighted by Crippen LogP contribution is 2.07. The molecule has 0 aliphatic rings. The van der Waals surface area contributed by atoms with E-state index in [2.05, 4.69) is 9.97 Å². The summed E-state index contributed by atoms with van der Waals surface area (Å²) in [5.74, 6) is -0.0366. The van der Waals surface area contributed by atoms with Gasteiger partial charge in [0, 0.05) is 19.3 Å². The number of aromatic nitrogens is 3. The molecule has 0 unspecified atom stereocenters. The summed E-state index contributed by atoms with van der Waals surface area (Å²) in [5, 5.41) is 0. The average Bonchev–Trinajstić information content (AvgIpc) is 2.47. The van der Waals surface area contributed by atoms with Crippen LogP contribution in [0.4, 0.5) is 0 Å². The molecule has 0 bridgehead atoms. The molecule has 4 nitrogen and oxygen atoms in total. The van der Waals surface area contributed by atoms with Crippen molar-refractivity contribution in [1.82, 2.24) is 14.4 Å². The summed E-state index contributed by atoms with van der Waals surface area (Å²) < 4.78 is 1.77. The number of rotatable bonds is 1. The van der Waals surface area contributed by atoms with Crippen LogP contribution in [0.1, 0.15) is 17.4 Å². The van der Waals surface area contributed by atoms with Crippen molar-refractivity contribution in [2.75, 3.05) is 0 Å². The van der Waals surface area contributed by atoms with Gasteiger partial charge in [0.25, 0.3) is 0 Å². The molecule has 2 aromatic rings. The fraction of sp³-hybridized carbons (Fsp3) is 0.125. The molecule has 0 aromatic carbocycles. The van der Waals surface area contributed by atoms with Crippen molar-refractivity contribution in [2.45, 2.75) is 6.92 Å². The molecule has 0 amide bonds. The van der Waals surface area contributed by atoms with Crippen LogP contribution in [0.15, 0.2) is 24.9 Å². The zero-order chi connectivity index (χ0) is 8.55. The molecule has 2 rings (SSSR count). The van der Waals surface area contributed by atoms with E-state index in [0.29, 0.717) is 5.69 Å². The summed E-state index contributed by atoms with van der Waals surface area (Å²) in [4.78, 5) is 18.9. The van der Waals surface area contributed by atoms with E-state index in [4.69, 9.17) is 0 Å². The molecule has 0 atom stereocenters. The minimum Gasteiger partial charge on any atom is -0.303 e. The minimum absolute atomic E-state index is 0.0366. The van der Waals surface area contributed by atoms with Gasteiger partial charge in [0.1, 0.15) is 12.0 Å². The summed E-state index contributed by atoms with van der Waals surface area (Å²) in [5.41, 5.74) is 1.23. The molecule has 60 valence electrons. The number of carbonyl (C=O) groups excluding carboxylic acids is 1. The van der Waals surface area contributed by atoms with E-state index < -0.39 is 0 Å². The number of imidazole rings is 1. The van der Waals surface area contributed by atoms with Crippen molar-refractivity contribution in [2.24, 2.45) is 0 Å². The van der Waals surface area contributed by atoms with Crippen LogP contribution >= 0.6 is 0 Å². The van der Waals surface area contributed by atoms with Crippen LogP contribution in [0.3, 0.4) is 0 Å². The lowest BCUT2D eigenvalue weighted by atomic mass is 10.3. The topological polar surface area (TPSA) is 47.3 Å². The van der Waals surface area contributed by atoms with Gasteiger partial charge in [-0.1, -0.05) is 0 Å². The van der Waals surface area contributed by atoms with Crippen LogP contribution < -0.4 is 0 Å². The van der Waals surface area contributed by atoms with Crippen molar-refractivity contribution in [1.29, 1.82) is 0 Å². The molecule has 12 heavy (non-hydrogen) atoms. The summed E-state index contributed by atoms with van der Waals surface area (Å²) in [6.45, 7) is 1.50. The molecule has 2 heterocycles. The van der Waals surface area contributed by atoms with E-state index in [1.807, 2.05) is 0 Å². The SMILES string of the molecule is CC(=O)c1ncn2ccncc12. The zero-order valence-electron chi connectivity index (χ0n) is 6.56. The van der Waals surface area contributed by atoms with Gasteiger partial charge in [-0.15, -0.1) is 0 Å². The number of hydrogen-bond donors (Lipinski definition) is 0. The molecule has 0 saturated heterocycles. The highest BCUT2D eigenvalue weighted by Gasteiger charge is 2.07. The largest absolute Gasteiger partial charge is 0.303 e. The van der Waals surface area contributed by atoms with E-state index >= 15 is 0 Å². The number of nitrogens with zero attached hydrogens (tertiary/aromatic N) is 3. The van der Waals surface area contributed by atoms with Gasteiger partial charge < -0.3 is 4.40 Å². The second-order valence-electron chi connectivity index (χ2n) is 2.52. The average molecular weight is 161 g/mol. The number of fused-ring (bicyclic) bond motifs is 1. The van der Waals surface area contributed by atoms with Crippen molar-refractivity contribution < 1.29 is 4.79 Å². The second kappa shape index (κ2) is 2.41. The molecular formula is C8H7N3O. The smallest absolute Gasteiger partial charge is 0.180 e. The van der Waals surface area contributed by atoms with Crippen LogP contribution in [-0.2, 0) is 0 Å². The van der Waals surface area contributed by atoms with Gasteiger partial charge in [-0.2, -0.15) is 0 Å². The van der Waals surface area contributed by atoms with E-state index in [9.17, 15) is 4.79 Å². The first-order valence-corrected chi connectivity index (χ1v) is 3.56. The molecule has 0 aliphatic carbocycles. The van der Waals surface area contributed by atoms with Crippen molar-refractivity contribution >= 4 is 11.3 Å². The molecule has 0 saturated carbocycles. The Bertz CT molecular complexity index is 433. The number of Topliss-reactive ketones (excluding diaryl/α,β-unsaturated/α-hetero) is 1. The van der Waals surface area contributed by atoms with Crippen molar-refractivity contribution in [3.63, 3.8) is 0 Å². The van der Waals surface area contributed by atoms with Gasteiger partial charge in [-0.25, -0.2) is 4.98 Å². The summed E-state index contributed by atoms with van der Waals surface area (Å²) >= 11 is 0. The lowest BCUT2D eigenvalue weighted by Crippen LogP contribution is -1.93. The monoisotopic (exact) mass is 161 g/mol. The third-order valence-corrected chi connectivity index (χ3v) is 1.68. The normalized spacial score (nSPS) is 10.4. The number of carbonyl (C=O) groups is 1. The Hall–Kier alpha value is -1.71. The molecule has 0 radical (unpaired) electrons. The van der Waals surface area contributed by atoms with Crippen molar-refractivity contribution in [3.05, 3.63) is 30.6 Å². The predicted molar refractivity (Wildman–Crippen MR) is 43.0 cm³/mol. The molecule has 4 heteroatoms. The molecule has 0 spiro atoms. The van der Waals surface area contributed by atoms with Gasteiger partial charge >= 0.3 is 0 Å². The first-order valence-electron chi connectivity index (χ1n) is 3.56. The highest BCUT2D eigenvalue weighted by atomic mass is 16.1. The maximum atomic E-state index is 11.0. The van der Waals surface area contributed by atoms with Gasteiger partial charge in [-0.3, -0.25) is 9.78 Å². The first kappa shape index (κ1) is 6.97.